The molecule has 0 aliphatic rings. The molecule has 0 spiro atoms. The Morgan fingerprint density at radius 2 is 1.82 bits per heavy atom. The molecule has 17 heavy (non-hydrogen) atoms. The van der Waals surface area contributed by atoms with E-state index < -0.39 is 24.8 Å². The highest BCUT2D eigenvalue weighted by atomic mass is 127. The van der Waals surface area contributed by atoms with Gasteiger partial charge >= 0.3 is 12.3 Å². The number of rotatable bonds is 4. The lowest BCUT2D eigenvalue weighted by Crippen LogP contribution is -2.41. The van der Waals surface area contributed by atoms with Crippen LogP contribution in [0.3, 0.4) is 0 Å². The Balaban J connectivity index is 2.59. The minimum Gasteiger partial charge on any atom is -0.346 e. The minimum atomic E-state index is -4.21. The predicted octanol–water partition coefficient (Wildman–Crippen LogP) is 2.92. The first-order valence-corrected chi connectivity index (χ1v) is 5.60. The SMILES string of the molecule is O=C(NCC(F)(F)C(F)F)c1ccc(I)cc1. The second-order valence-corrected chi connectivity index (χ2v) is 4.50. The number of carbonyl (C=O) groups excluding carboxylic acids is 1. The Hall–Kier alpha value is -0.860. The lowest BCUT2D eigenvalue weighted by molar-refractivity contribution is -0.123. The van der Waals surface area contributed by atoms with Crippen LogP contribution in [0.25, 0.3) is 0 Å². The molecule has 1 N–H and O–H groups in total. The van der Waals surface area contributed by atoms with Gasteiger partial charge < -0.3 is 5.32 Å². The van der Waals surface area contributed by atoms with Crippen molar-refractivity contribution in [3.8, 4) is 0 Å². The summed E-state index contributed by atoms with van der Waals surface area (Å²) < 4.78 is 49.5. The van der Waals surface area contributed by atoms with Gasteiger partial charge in [-0.25, -0.2) is 8.78 Å². The van der Waals surface area contributed by atoms with E-state index in [9.17, 15) is 22.4 Å². The van der Waals surface area contributed by atoms with Crippen molar-refractivity contribution in [2.24, 2.45) is 0 Å². The van der Waals surface area contributed by atoms with Crippen molar-refractivity contribution in [2.45, 2.75) is 12.3 Å². The lowest BCUT2D eigenvalue weighted by atomic mass is 10.2. The maximum atomic E-state index is 12.5. The van der Waals surface area contributed by atoms with Crippen molar-refractivity contribution in [1.29, 1.82) is 0 Å². The van der Waals surface area contributed by atoms with E-state index >= 15 is 0 Å². The van der Waals surface area contributed by atoms with Crippen LogP contribution in [0.4, 0.5) is 17.6 Å². The third kappa shape index (κ3) is 4.14. The Bertz CT molecular complexity index is 394. The first kappa shape index (κ1) is 14.2. The molecule has 1 rings (SSSR count). The topological polar surface area (TPSA) is 29.1 Å². The molecule has 0 atom stereocenters. The highest BCUT2D eigenvalue weighted by Gasteiger charge is 2.40. The van der Waals surface area contributed by atoms with Crippen molar-refractivity contribution in [2.75, 3.05) is 6.54 Å². The quantitative estimate of drug-likeness (QED) is 0.649. The summed E-state index contributed by atoms with van der Waals surface area (Å²) in [6.07, 6.45) is -3.79. The third-order valence-corrected chi connectivity index (χ3v) is 2.63. The van der Waals surface area contributed by atoms with Crippen LogP contribution in [-0.4, -0.2) is 24.8 Å². The first-order valence-electron chi connectivity index (χ1n) is 4.52. The van der Waals surface area contributed by atoms with Gasteiger partial charge in [0.25, 0.3) is 5.91 Å². The summed E-state index contributed by atoms with van der Waals surface area (Å²) in [7, 11) is 0. The number of alkyl halides is 4. The smallest absolute Gasteiger partial charge is 0.324 e. The molecule has 1 amide bonds. The Morgan fingerprint density at radius 3 is 2.29 bits per heavy atom. The van der Waals surface area contributed by atoms with Gasteiger partial charge in [-0.2, -0.15) is 8.78 Å². The monoisotopic (exact) mass is 361 g/mol. The Kier molecular flexibility index (Phi) is 4.72. The van der Waals surface area contributed by atoms with E-state index in [-0.39, 0.29) is 5.56 Å². The van der Waals surface area contributed by atoms with E-state index in [0.717, 1.165) is 3.57 Å². The molecule has 1 aromatic rings. The average Bonchev–Trinajstić information content (AvgIpc) is 2.27. The van der Waals surface area contributed by atoms with E-state index in [1.165, 1.54) is 12.1 Å². The Labute approximate surface area is 109 Å². The summed E-state index contributed by atoms with van der Waals surface area (Å²) in [4.78, 5) is 11.3. The van der Waals surface area contributed by atoms with Crippen LogP contribution in [0.1, 0.15) is 10.4 Å². The number of hydrogen-bond acceptors (Lipinski definition) is 1. The molecule has 1 aromatic carbocycles. The normalized spacial score (nSPS) is 11.6. The second kappa shape index (κ2) is 5.65. The van der Waals surface area contributed by atoms with Crippen LogP contribution < -0.4 is 5.32 Å². The number of halogens is 5. The maximum absolute atomic E-state index is 12.5. The molecule has 0 aliphatic carbocycles. The van der Waals surface area contributed by atoms with Gasteiger partial charge in [-0.3, -0.25) is 4.79 Å². The molecule has 0 saturated carbocycles. The fraction of sp³-hybridized carbons (Fsp3) is 0.300. The van der Waals surface area contributed by atoms with Crippen LogP contribution in [0.2, 0.25) is 0 Å². The van der Waals surface area contributed by atoms with E-state index in [4.69, 9.17) is 0 Å². The van der Waals surface area contributed by atoms with Gasteiger partial charge in [0.05, 0.1) is 6.54 Å². The summed E-state index contributed by atoms with van der Waals surface area (Å²) in [5.41, 5.74) is 0.149. The number of carbonyl (C=O) groups is 1. The fourth-order valence-electron chi connectivity index (χ4n) is 0.979. The molecular weight excluding hydrogens is 353 g/mol. The van der Waals surface area contributed by atoms with Crippen molar-refractivity contribution in [3.05, 3.63) is 33.4 Å². The van der Waals surface area contributed by atoms with Gasteiger partial charge in [0.15, 0.2) is 0 Å². The molecular formula is C10H8F4INO. The zero-order chi connectivity index (χ0) is 13.1. The van der Waals surface area contributed by atoms with Crippen LogP contribution >= 0.6 is 22.6 Å². The third-order valence-electron chi connectivity index (χ3n) is 1.91. The largest absolute Gasteiger partial charge is 0.346 e. The van der Waals surface area contributed by atoms with E-state index in [0.29, 0.717) is 0 Å². The van der Waals surface area contributed by atoms with Gasteiger partial charge in [0, 0.05) is 9.13 Å². The summed E-state index contributed by atoms with van der Waals surface area (Å²) in [6, 6.07) is 6.08. The fourth-order valence-corrected chi connectivity index (χ4v) is 1.34. The number of hydrogen-bond donors (Lipinski definition) is 1. The lowest BCUT2D eigenvalue weighted by Gasteiger charge is -2.15. The van der Waals surface area contributed by atoms with Crippen molar-refractivity contribution >= 4 is 28.5 Å². The average molecular weight is 361 g/mol. The standard InChI is InChI=1S/C10H8F4INO/c11-9(12)10(13,14)5-16-8(17)6-1-3-7(15)4-2-6/h1-4,9H,5H2,(H,16,17). The molecule has 2 nitrogen and oxygen atoms in total. The minimum absolute atomic E-state index is 0.149. The second-order valence-electron chi connectivity index (χ2n) is 3.25. The highest BCUT2D eigenvalue weighted by molar-refractivity contribution is 14.1. The number of benzene rings is 1. The van der Waals surface area contributed by atoms with Crippen molar-refractivity contribution in [1.82, 2.24) is 5.32 Å². The van der Waals surface area contributed by atoms with Gasteiger partial charge in [0.2, 0.25) is 0 Å². The molecule has 0 heterocycles. The molecule has 0 saturated heterocycles. The van der Waals surface area contributed by atoms with Gasteiger partial charge in [-0.05, 0) is 46.9 Å². The Morgan fingerprint density at radius 1 is 1.29 bits per heavy atom. The number of amides is 1. The summed E-state index contributed by atoms with van der Waals surface area (Å²) >= 11 is 2.01. The summed E-state index contributed by atoms with van der Waals surface area (Å²) in [5.74, 6) is -5.01. The van der Waals surface area contributed by atoms with E-state index in [1.54, 1.807) is 17.4 Å². The molecule has 0 bridgehead atoms. The zero-order valence-corrected chi connectivity index (χ0v) is 10.5. The first-order chi connectivity index (χ1) is 7.83. The molecule has 0 unspecified atom stereocenters. The molecule has 7 heteroatoms. The van der Waals surface area contributed by atoms with Gasteiger partial charge in [0.1, 0.15) is 0 Å². The van der Waals surface area contributed by atoms with Gasteiger partial charge in [-0.15, -0.1) is 0 Å². The van der Waals surface area contributed by atoms with Crippen molar-refractivity contribution in [3.63, 3.8) is 0 Å². The predicted molar refractivity (Wildman–Crippen MR) is 62.4 cm³/mol. The summed E-state index contributed by atoms with van der Waals surface area (Å²) in [6.45, 7) is -1.38. The number of nitrogens with one attached hydrogen (secondary N) is 1. The van der Waals surface area contributed by atoms with Gasteiger partial charge in [-0.1, -0.05) is 0 Å². The maximum Gasteiger partial charge on any atom is 0.324 e. The van der Waals surface area contributed by atoms with E-state index in [2.05, 4.69) is 0 Å². The molecule has 0 aliphatic heterocycles. The zero-order valence-electron chi connectivity index (χ0n) is 8.39. The van der Waals surface area contributed by atoms with E-state index in [1.807, 2.05) is 22.6 Å². The van der Waals surface area contributed by atoms with Crippen LogP contribution in [0.5, 0.6) is 0 Å². The molecule has 0 radical (unpaired) electrons. The summed E-state index contributed by atoms with van der Waals surface area (Å²) in [5, 5.41) is 1.77. The van der Waals surface area contributed by atoms with Crippen LogP contribution in [0, 0.1) is 3.57 Å². The molecule has 0 fully saturated rings. The van der Waals surface area contributed by atoms with Crippen LogP contribution in [-0.2, 0) is 0 Å². The highest BCUT2D eigenvalue weighted by Crippen LogP contribution is 2.21. The van der Waals surface area contributed by atoms with Crippen molar-refractivity contribution < 1.29 is 22.4 Å². The van der Waals surface area contributed by atoms with Crippen LogP contribution in [0.15, 0.2) is 24.3 Å². The molecule has 94 valence electrons. The molecule has 0 aromatic heterocycles.